The van der Waals surface area contributed by atoms with Gasteiger partial charge in [0.1, 0.15) is 5.82 Å². The molecule has 0 bridgehead atoms. The minimum atomic E-state index is -0.513. The number of likely N-dealkylation sites (tertiary alicyclic amines) is 1. The highest BCUT2D eigenvalue weighted by Crippen LogP contribution is 2.43. The van der Waals surface area contributed by atoms with Gasteiger partial charge in [0.05, 0.1) is 29.1 Å². The van der Waals surface area contributed by atoms with Gasteiger partial charge in [0.2, 0.25) is 10.8 Å². The van der Waals surface area contributed by atoms with Crippen LogP contribution in [0.4, 0.5) is 5.69 Å². The first kappa shape index (κ1) is 19.4. The summed E-state index contributed by atoms with van der Waals surface area (Å²) in [5.41, 5.74) is 0.895. The third-order valence-electron chi connectivity index (χ3n) is 5.71. The molecule has 30 heavy (non-hydrogen) atoms. The van der Waals surface area contributed by atoms with Crippen LogP contribution in [-0.2, 0) is 9.47 Å². The minimum absolute atomic E-state index is 0.0327. The molecular weight excluding hydrogens is 410 g/mol. The molecule has 2 aromatic heterocycles. The lowest BCUT2D eigenvalue weighted by molar-refractivity contribution is -0.384. The van der Waals surface area contributed by atoms with Gasteiger partial charge >= 0.3 is 0 Å². The second-order valence-corrected chi connectivity index (χ2v) is 8.55. The average molecular weight is 431 g/mol. The van der Waals surface area contributed by atoms with Crippen LogP contribution in [-0.4, -0.2) is 61.6 Å². The van der Waals surface area contributed by atoms with Crippen LogP contribution in [0.5, 0.6) is 5.88 Å². The van der Waals surface area contributed by atoms with Crippen molar-refractivity contribution in [2.45, 2.75) is 31.6 Å². The molecule has 0 aliphatic carbocycles. The predicted octanol–water partition coefficient (Wildman–Crippen LogP) is 2.64. The first-order chi connectivity index (χ1) is 14.5. The summed E-state index contributed by atoms with van der Waals surface area (Å²) in [7, 11) is 0. The molecule has 0 radical (unpaired) electrons. The molecule has 10 nitrogen and oxygen atoms in total. The van der Waals surface area contributed by atoms with E-state index in [0.29, 0.717) is 42.0 Å². The van der Waals surface area contributed by atoms with Gasteiger partial charge in [0, 0.05) is 38.1 Å². The first-order valence-corrected chi connectivity index (χ1v) is 10.6. The maximum absolute atomic E-state index is 11.1. The zero-order chi connectivity index (χ0) is 20.9. The van der Waals surface area contributed by atoms with Crippen molar-refractivity contribution in [3.8, 4) is 5.88 Å². The minimum Gasteiger partial charge on any atom is -0.492 e. The van der Waals surface area contributed by atoms with Gasteiger partial charge in [0.25, 0.3) is 5.69 Å². The molecule has 3 aromatic rings. The second-order valence-electron chi connectivity index (χ2n) is 7.54. The van der Waals surface area contributed by atoms with E-state index in [2.05, 4.69) is 15.0 Å². The van der Waals surface area contributed by atoms with Crippen molar-refractivity contribution in [1.82, 2.24) is 19.5 Å². The van der Waals surface area contributed by atoms with Crippen LogP contribution in [0.15, 0.2) is 24.3 Å². The largest absolute Gasteiger partial charge is 0.492 e. The van der Waals surface area contributed by atoms with Gasteiger partial charge in [0.15, 0.2) is 5.79 Å². The Kier molecular flexibility index (Phi) is 4.69. The lowest BCUT2D eigenvalue weighted by atomic mass is 9.97. The summed E-state index contributed by atoms with van der Waals surface area (Å²) in [5, 5.41) is 26.2. The Bertz CT molecular complexity index is 1080. The molecule has 158 valence electrons. The number of nitro groups is 1. The fourth-order valence-electron chi connectivity index (χ4n) is 4.24. The third kappa shape index (κ3) is 3.23. The number of benzene rings is 1. The molecule has 2 aliphatic rings. The molecule has 0 amide bonds. The number of aromatic nitrogens is 3. The normalized spacial score (nSPS) is 20.2. The monoisotopic (exact) mass is 431 g/mol. The SMILES string of the molecule is Cc1nc2sc([C@H](c3ccc([N+](=O)[O-])cc3)N3CCC4(CC3)OCCO4)c(O)n2n1. The van der Waals surface area contributed by atoms with E-state index >= 15 is 0 Å². The van der Waals surface area contributed by atoms with Crippen LogP contribution in [0, 0.1) is 17.0 Å². The van der Waals surface area contributed by atoms with Gasteiger partial charge in [-0.25, -0.2) is 4.98 Å². The maximum Gasteiger partial charge on any atom is 0.269 e. The van der Waals surface area contributed by atoms with Gasteiger partial charge in [-0.3, -0.25) is 15.0 Å². The van der Waals surface area contributed by atoms with E-state index in [1.807, 2.05) is 0 Å². The third-order valence-corrected chi connectivity index (χ3v) is 6.78. The number of thiazole rings is 1. The van der Waals surface area contributed by atoms with Gasteiger partial charge in [-0.15, -0.1) is 5.10 Å². The Morgan fingerprint density at radius 3 is 2.50 bits per heavy atom. The summed E-state index contributed by atoms with van der Waals surface area (Å²) in [5.74, 6) is 0.124. The number of rotatable bonds is 4. The van der Waals surface area contributed by atoms with Crippen LogP contribution in [0.25, 0.3) is 4.96 Å². The molecule has 4 heterocycles. The lowest BCUT2D eigenvalue weighted by Gasteiger charge is -2.41. The Balaban J connectivity index is 1.52. The number of fused-ring (bicyclic) bond motifs is 1. The van der Waals surface area contributed by atoms with Crippen molar-refractivity contribution >= 4 is 22.0 Å². The number of hydrogen-bond donors (Lipinski definition) is 1. The summed E-state index contributed by atoms with van der Waals surface area (Å²) < 4.78 is 13.1. The fraction of sp³-hybridized carbons (Fsp3) is 0.474. The molecule has 11 heteroatoms. The standard InChI is InChI=1S/C19H21N5O5S/c1-12-20-18-23(21-12)17(25)16(30-18)15(13-2-4-14(5-3-13)24(26)27)22-8-6-19(7-9-22)28-10-11-29-19/h2-5,15,25H,6-11H2,1H3/t15-/m0/s1. The highest BCUT2D eigenvalue weighted by Gasteiger charge is 2.42. The maximum atomic E-state index is 11.1. The lowest BCUT2D eigenvalue weighted by Crippen LogP contribution is -2.46. The van der Waals surface area contributed by atoms with Gasteiger partial charge < -0.3 is 14.6 Å². The van der Waals surface area contributed by atoms with Gasteiger partial charge in [-0.2, -0.15) is 4.52 Å². The van der Waals surface area contributed by atoms with Crippen LogP contribution < -0.4 is 0 Å². The molecule has 2 fully saturated rings. The summed E-state index contributed by atoms with van der Waals surface area (Å²) in [6.07, 6.45) is 1.44. The highest BCUT2D eigenvalue weighted by molar-refractivity contribution is 7.17. The second kappa shape index (κ2) is 7.27. The number of aryl methyl sites for hydroxylation is 1. The zero-order valence-corrected chi connectivity index (χ0v) is 17.2. The topological polar surface area (TPSA) is 115 Å². The zero-order valence-electron chi connectivity index (χ0n) is 16.4. The van der Waals surface area contributed by atoms with E-state index < -0.39 is 10.7 Å². The van der Waals surface area contributed by atoms with E-state index in [1.165, 1.54) is 28.0 Å². The van der Waals surface area contributed by atoms with E-state index in [-0.39, 0.29) is 17.6 Å². The fourth-order valence-corrected chi connectivity index (χ4v) is 5.40. The van der Waals surface area contributed by atoms with Gasteiger partial charge in [-0.1, -0.05) is 23.5 Å². The molecule has 1 spiro atoms. The molecule has 2 aliphatic heterocycles. The molecule has 5 rings (SSSR count). The number of aromatic hydroxyl groups is 1. The van der Waals surface area contributed by atoms with E-state index in [4.69, 9.17) is 9.47 Å². The Morgan fingerprint density at radius 2 is 1.90 bits per heavy atom. The number of piperidine rings is 1. The smallest absolute Gasteiger partial charge is 0.269 e. The van der Waals surface area contributed by atoms with Crippen molar-refractivity contribution in [2.75, 3.05) is 26.3 Å². The van der Waals surface area contributed by atoms with E-state index in [1.54, 1.807) is 19.1 Å². The van der Waals surface area contributed by atoms with Crippen LogP contribution in [0.1, 0.15) is 35.1 Å². The summed E-state index contributed by atoms with van der Waals surface area (Å²) >= 11 is 1.38. The molecule has 0 saturated carbocycles. The Labute approximate surface area is 175 Å². The Hall–Kier alpha value is -2.60. The number of nitrogens with zero attached hydrogens (tertiary/aromatic N) is 5. The summed E-state index contributed by atoms with van der Waals surface area (Å²) in [4.78, 5) is 18.6. The summed E-state index contributed by atoms with van der Waals surface area (Å²) in [6.45, 7) is 4.40. The number of ether oxygens (including phenoxy) is 2. The van der Waals surface area contributed by atoms with Crippen molar-refractivity contribution < 1.29 is 19.5 Å². The molecule has 2 saturated heterocycles. The van der Waals surface area contributed by atoms with Gasteiger partial charge in [-0.05, 0) is 12.5 Å². The van der Waals surface area contributed by atoms with E-state index in [9.17, 15) is 15.2 Å². The highest BCUT2D eigenvalue weighted by atomic mass is 32.1. The molecule has 1 atom stereocenters. The molecule has 0 unspecified atom stereocenters. The molecule has 1 aromatic carbocycles. The predicted molar refractivity (Wildman–Crippen MR) is 108 cm³/mol. The van der Waals surface area contributed by atoms with Crippen LogP contribution >= 0.6 is 11.3 Å². The Morgan fingerprint density at radius 1 is 1.23 bits per heavy atom. The van der Waals surface area contributed by atoms with Crippen molar-refractivity contribution in [2.24, 2.45) is 0 Å². The van der Waals surface area contributed by atoms with Crippen molar-refractivity contribution in [3.05, 3.63) is 50.6 Å². The van der Waals surface area contributed by atoms with Crippen molar-refractivity contribution in [1.29, 1.82) is 0 Å². The van der Waals surface area contributed by atoms with E-state index in [0.717, 1.165) is 18.4 Å². The van der Waals surface area contributed by atoms with Crippen LogP contribution in [0.2, 0.25) is 0 Å². The average Bonchev–Trinajstić information content (AvgIpc) is 3.42. The molecular formula is C19H21N5O5S. The summed E-state index contributed by atoms with van der Waals surface area (Å²) in [6, 6.07) is 6.20. The van der Waals surface area contributed by atoms with Crippen LogP contribution in [0.3, 0.4) is 0 Å². The number of non-ortho nitro benzene ring substituents is 1. The number of nitro benzene ring substituents is 1. The molecule has 1 N–H and O–H groups in total. The first-order valence-electron chi connectivity index (χ1n) is 9.77. The quantitative estimate of drug-likeness (QED) is 0.495. The number of hydrogen-bond acceptors (Lipinski definition) is 9. The van der Waals surface area contributed by atoms with Crippen molar-refractivity contribution in [3.63, 3.8) is 0 Å².